The van der Waals surface area contributed by atoms with Gasteiger partial charge in [0.15, 0.2) is 0 Å². The van der Waals surface area contributed by atoms with Crippen LogP contribution in [0.1, 0.15) is 12.8 Å². The van der Waals surface area contributed by atoms with E-state index in [1.165, 1.54) is 18.3 Å². The Morgan fingerprint density at radius 3 is 3.00 bits per heavy atom. The van der Waals surface area contributed by atoms with Gasteiger partial charge in [-0.05, 0) is 25.0 Å². The molecule has 0 saturated heterocycles. The van der Waals surface area contributed by atoms with Gasteiger partial charge in [-0.2, -0.15) is 4.39 Å². The minimum atomic E-state index is -0.602. The van der Waals surface area contributed by atoms with E-state index in [1.54, 1.807) is 7.11 Å². The van der Waals surface area contributed by atoms with Crippen LogP contribution in [0.15, 0.2) is 18.3 Å². The molecule has 0 fully saturated rings. The third-order valence-electron chi connectivity index (χ3n) is 2.20. The van der Waals surface area contributed by atoms with E-state index in [4.69, 9.17) is 10.5 Å². The van der Waals surface area contributed by atoms with Crippen molar-refractivity contribution in [1.29, 1.82) is 0 Å². The molecule has 1 amide bonds. The fourth-order valence-electron chi connectivity index (χ4n) is 1.26. The van der Waals surface area contributed by atoms with Crippen molar-refractivity contribution in [2.24, 2.45) is 5.73 Å². The second-order valence-electron chi connectivity index (χ2n) is 3.60. The predicted molar refractivity (Wildman–Crippen MR) is 61.9 cm³/mol. The molecule has 1 rings (SSSR count). The average molecular weight is 241 g/mol. The summed E-state index contributed by atoms with van der Waals surface area (Å²) in [5.74, 6) is -0.901. The summed E-state index contributed by atoms with van der Waals surface area (Å²) in [7, 11) is 1.59. The maximum absolute atomic E-state index is 12.5. The molecular weight excluding hydrogens is 225 g/mol. The normalized spacial score (nSPS) is 12.2. The lowest BCUT2D eigenvalue weighted by molar-refractivity contribution is -0.117. The first kappa shape index (κ1) is 13.5. The molecule has 3 N–H and O–H groups in total. The van der Waals surface area contributed by atoms with Gasteiger partial charge in [-0.25, -0.2) is 4.98 Å². The number of amides is 1. The molecule has 17 heavy (non-hydrogen) atoms. The van der Waals surface area contributed by atoms with Crippen LogP contribution >= 0.6 is 0 Å². The van der Waals surface area contributed by atoms with Crippen LogP contribution in [0.25, 0.3) is 0 Å². The van der Waals surface area contributed by atoms with Gasteiger partial charge in [0.1, 0.15) is 0 Å². The Balaban J connectivity index is 2.40. The van der Waals surface area contributed by atoms with Gasteiger partial charge in [-0.15, -0.1) is 0 Å². The van der Waals surface area contributed by atoms with Crippen LogP contribution in [0.3, 0.4) is 0 Å². The Morgan fingerprint density at radius 1 is 1.65 bits per heavy atom. The zero-order valence-electron chi connectivity index (χ0n) is 9.65. The van der Waals surface area contributed by atoms with Gasteiger partial charge in [0.2, 0.25) is 11.9 Å². The van der Waals surface area contributed by atoms with E-state index in [0.717, 1.165) is 0 Å². The van der Waals surface area contributed by atoms with E-state index in [1.807, 2.05) is 0 Å². The first-order valence-corrected chi connectivity index (χ1v) is 5.30. The first-order valence-electron chi connectivity index (χ1n) is 5.30. The lowest BCUT2D eigenvalue weighted by atomic mass is 10.1. The number of carbonyl (C=O) groups is 1. The zero-order valence-corrected chi connectivity index (χ0v) is 9.65. The maximum Gasteiger partial charge on any atom is 0.241 e. The summed E-state index contributed by atoms with van der Waals surface area (Å²) >= 11 is 0. The van der Waals surface area contributed by atoms with Gasteiger partial charge >= 0.3 is 0 Å². The fraction of sp³-hybridized carbons (Fsp3) is 0.455. The number of anilines is 1. The molecular formula is C11H16FN3O2. The smallest absolute Gasteiger partial charge is 0.241 e. The number of nitrogens with one attached hydrogen (secondary N) is 1. The number of nitrogens with zero attached hydrogens (tertiary/aromatic N) is 1. The topological polar surface area (TPSA) is 77.2 Å². The molecule has 0 radical (unpaired) electrons. The van der Waals surface area contributed by atoms with Gasteiger partial charge in [0.05, 0.1) is 17.9 Å². The van der Waals surface area contributed by atoms with Crippen molar-refractivity contribution in [2.75, 3.05) is 19.0 Å². The Hall–Kier alpha value is -1.53. The molecule has 1 atom stereocenters. The van der Waals surface area contributed by atoms with Gasteiger partial charge in [-0.1, -0.05) is 0 Å². The van der Waals surface area contributed by atoms with Crippen molar-refractivity contribution >= 4 is 11.6 Å². The van der Waals surface area contributed by atoms with Crippen LogP contribution in [0.2, 0.25) is 0 Å². The fourth-order valence-corrected chi connectivity index (χ4v) is 1.26. The monoisotopic (exact) mass is 241 g/mol. The SMILES string of the molecule is COCCCC(N)C(=O)Nc1ccc(F)nc1. The van der Waals surface area contributed by atoms with E-state index in [2.05, 4.69) is 10.3 Å². The molecule has 0 aliphatic heterocycles. The van der Waals surface area contributed by atoms with E-state index < -0.39 is 12.0 Å². The Morgan fingerprint density at radius 2 is 2.41 bits per heavy atom. The molecule has 5 nitrogen and oxygen atoms in total. The minimum Gasteiger partial charge on any atom is -0.385 e. The third-order valence-corrected chi connectivity index (χ3v) is 2.20. The Kier molecular flexibility index (Phi) is 5.51. The molecule has 0 bridgehead atoms. The van der Waals surface area contributed by atoms with Crippen molar-refractivity contribution in [3.63, 3.8) is 0 Å². The van der Waals surface area contributed by atoms with Crippen LogP contribution in [-0.4, -0.2) is 30.6 Å². The number of aromatic nitrogens is 1. The second-order valence-corrected chi connectivity index (χ2v) is 3.60. The number of nitrogens with two attached hydrogens (primary N) is 1. The molecule has 0 aliphatic carbocycles. The number of pyridine rings is 1. The van der Waals surface area contributed by atoms with E-state index in [-0.39, 0.29) is 5.91 Å². The Bertz CT molecular complexity index is 356. The zero-order chi connectivity index (χ0) is 12.7. The lowest BCUT2D eigenvalue weighted by Crippen LogP contribution is -2.35. The molecule has 1 aromatic heterocycles. The van der Waals surface area contributed by atoms with Gasteiger partial charge in [-0.3, -0.25) is 4.79 Å². The van der Waals surface area contributed by atoms with E-state index in [0.29, 0.717) is 25.1 Å². The Labute approximate surface area is 99.2 Å². The summed E-state index contributed by atoms with van der Waals surface area (Å²) in [6.07, 6.45) is 2.50. The van der Waals surface area contributed by atoms with Gasteiger partial charge < -0.3 is 15.8 Å². The van der Waals surface area contributed by atoms with E-state index in [9.17, 15) is 9.18 Å². The number of ether oxygens (including phenoxy) is 1. The molecule has 0 spiro atoms. The summed E-state index contributed by atoms with van der Waals surface area (Å²) < 4.78 is 17.4. The molecule has 1 heterocycles. The molecule has 1 unspecified atom stereocenters. The van der Waals surface area contributed by atoms with Crippen LogP contribution in [0.4, 0.5) is 10.1 Å². The van der Waals surface area contributed by atoms with Crippen LogP contribution in [0.5, 0.6) is 0 Å². The second kappa shape index (κ2) is 6.93. The predicted octanol–water partition coefficient (Wildman–Crippen LogP) is 0.913. The number of hydrogen-bond acceptors (Lipinski definition) is 4. The summed E-state index contributed by atoms with van der Waals surface area (Å²) in [6, 6.07) is 2.00. The highest BCUT2D eigenvalue weighted by Crippen LogP contribution is 2.06. The molecule has 0 saturated carbocycles. The standard InChI is InChI=1S/C11H16FN3O2/c1-17-6-2-3-9(13)11(16)15-8-4-5-10(12)14-7-8/h4-5,7,9H,2-3,6,13H2,1H3,(H,15,16). The molecule has 0 aromatic carbocycles. The van der Waals surface area contributed by atoms with Crippen LogP contribution < -0.4 is 11.1 Å². The van der Waals surface area contributed by atoms with E-state index >= 15 is 0 Å². The summed E-state index contributed by atoms with van der Waals surface area (Å²) in [5.41, 5.74) is 6.10. The first-order chi connectivity index (χ1) is 8.13. The third kappa shape index (κ3) is 4.88. The lowest BCUT2D eigenvalue weighted by Gasteiger charge is -2.11. The quantitative estimate of drug-likeness (QED) is 0.573. The number of rotatable bonds is 6. The highest BCUT2D eigenvalue weighted by molar-refractivity contribution is 5.94. The van der Waals surface area contributed by atoms with Crippen molar-refractivity contribution in [3.05, 3.63) is 24.3 Å². The summed E-state index contributed by atoms with van der Waals surface area (Å²) in [5, 5.41) is 2.56. The van der Waals surface area contributed by atoms with Gasteiger partial charge in [0.25, 0.3) is 0 Å². The largest absolute Gasteiger partial charge is 0.385 e. The maximum atomic E-state index is 12.5. The van der Waals surface area contributed by atoms with Gasteiger partial charge in [0, 0.05) is 13.7 Å². The number of halogens is 1. The van der Waals surface area contributed by atoms with Crippen LogP contribution in [0, 0.1) is 5.95 Å². The van der Waals surface area contributed by atoms with Crippen LogP contribution in [-0.2, 0) is 9.53 Å². The number of hydrogen-bond donors (Lipinski definition) is 2. The van der Waals surface area contributed by atoms with Crippen molar-refractivity contribution in [3.8, 4) is 0 Å². The molecule has 6 heteroatoms. The molecule has 94 valence electrons. The molecule has 1 aromatic rings. The minimum absolute atomic E-state index is 0.311. The van der Waals surface area contributed by atoms with Crippen molar-refractivity contribution in [1.82, 2.24) is 4.98 Å². The summed E-state index contributed by atoms with van der Waals surface area (Å²) in [4.78, 5) is 15.0. The highest BCUT2D eigenvalue weighted by Gasteiger charge is 2.13. The summed E-state index contributed by atoms with van der Waals surface area (Å²) in [6.45, 7) is 0.569. The molecule has 0 aliphatic rings. The van der Waals surface area contributed by atoms with Crippen molar-refractivity contribution in [2.45, 2.75) is 18.9 Å². The van der Waals surface area contributed by atoms with Crippen molar-refractivity contribution < 1.29 is 13.9 Å². The number of carbonyl (C=O) groups excluding carboxylic acids is 1. The number of methoxy groups -OCH3 is 1. The highest BCUT2D eigenvalue weighted by atomic mass is 19.1. The average Bonchev–Trinajstić information content (AvgIpc) is 2.32.